The molecule has 0 radical (unpaired) electrons. The molecular formula is C20H15F6N5O2. The van der Waals surface area contributed by atoms with Crippen molar-refractivity contribution in [2.45, 2.75) is 18.9 Å². The Labute approximate surface area is 182 Å². The third-order valence-electron chi connectivity index (χ3n) is 4.04. The van der Waals surface area contributed by atoms with Gasteiger partial charge in [0.05, 0.1) is 11.8 Å². The molecular weight excluding hydrogens is 456 g/mol. The fourth-order valence-electron chi connectivity index (χ4n) is 2.51. The molecule has 2 N–H and O–H groups in total. The van der Waals surface area contributed by atoms with E-state index in [1.165, 1.54) is 36.7 Å². The molecule has 0 saturated carbocycles. The van der Waals surface area contributed by atoms with Gasteiger partial charge in [-0.25, -0.2) is 9.97 Å². The van der Waals surface area contributed by atoms with Crippen molar-refractivity contribution in [1.82, 2.24) is 15.0 Å². The number of ether oxygens (including phenoxy) is 1. The Balaban J connectivity index is 1.64. The Morgan fingerprint density at radius 2 is 1.70 bits per heavy atom. The van der Waals surface area contributed by atoms with Crippen LogP contribution in [-0.2, 0) is 12.7 Å². The second-order valence-electron chi connectivity index (χ2n) is 6.54. The number of hydrogen-bond acceptors (Lipinski definition) is 6. The minimum atomic E-state index is -4.56. The minimum Gasteiger partial charge on any atom is -0.482 e. The molecule has 13 heteroatoms. The van der Waals surface area contributed by atoms with Crippen LogP contribution < -0.4 is 15.4 Å². The van der Waals surface area contributed by atoms with Gasteiger partial charge in [0.1, 0.15) is 17.1 Å². The molecule has 2 aromatic heterocycles. The topological polar surface area (TPSA) is 89.0 Å². The Bertz CT molecular complexity index is 1100. The molecule has 0 aliphatic heterocycles. The Kier molecular flexibility index (Phi) is 6.99. The molecule has 2 heterocycles. The lowest BCUT2D eigenvalue weighted by Gasteiger charge is -2.13. The summed E-state index contributed by atoms with van der Waals surface area (Å²) < 4.78 is 79.8. The van der Waals surface area contributed by atoms with Crippen molar-refractivity contribution in [3.8, 4) is 5.75 Å². The number of carbonyl (C=O) groups excluding carboxylic acids is 1. The molecule has 0 aliphatic carbocycles. The van der Waals surface area contributed by atoms with E-state index in [1.807, 2.05) is 0 Å². The van der Waals surface area contributed by atoms with Gasteiger partial charge in [-0.15, -0.1) is 0 Å². The van der Waals surface area contributed by atoms with Crippen molar-refractivity contribution in [3.63, 3.8) is 0 Å². The number of hydrogen-bond donors (Lipinski definition) is 2. The predicted molar refractivity (Wildman–Crippen MR) is 105 cm³/mol. The number of alkyl halides is 6. The average molecular weight is 471 g/mol. The lowest BCUT2D eigenvalue weighted by molar-refractivity contribution is -0.153. The van der Waals surface area contributed by atoms with E-state index in [2.05, 4.69) is 30.3 Å². The predicted octanol–water partition coefficient (Wildman–Crippen LogP) is 4.70. The standard InChI is InChI=1S/C20H15F6N5O2/c21-19(22,23)11-33-16-6-7-27-10-15(16)30-17(32)14-5-8-28-18(31-14)29-9-12-1-3-13(4-2-12)20(24,25)26/h1-8,10H,9,11H2,(H,30,32)(H,28,29,31). The van der Waals surface area contributed by atoms with Crippen LogP contribution in [0.3, 0.4) is 0 Å². The molecule has 0 spiro atoms. The van der Waals surface area contributed by atoms with E-state index in [4.69, 9.17) is 0 Å². The number of amides is 1. The van der Waals surface area contributed by atoms with Gasteiger partial charge in [0, 0.05) is 25.0 Å². The number of anilines is 2. The summed E-state index contributed by atoms with van der Waals surface area (Å²) in [6.07, 6.45) is -5.42. The van der Waals surface area contributed by atoms with E-state index in [9.17, 15) is 31.1 Å². The van der Waals surface area contributed by atoms with Gasteiger partial charge in [-0.3, -0.25) is 9.78 Å². The molecule has 3 aromatic rings. The van der Waals surface area contributed by atoms with Crippen LogP contribution in [0.5, 0.6) is 5.75 Å². The van der Waals surface area contributed by atoms with Crippen LogP contribution in [0.15, 0.2) is 55.0 Å². The number of rotatable bonds is 7. The van der Waals surface area contributed by atoms with Crippen molar-refractivity contribution in [1.29, 1.82) is 0 Å². The highest BCUT2D eigenvalue weighted by Gasteiger charge is 2.30. The van der Waals surface area contributed by atoms with Gasteiger partial charge in [0.2, 0.25) is 5.95 Å². The molecule has 174 valence electrons. The first kappa shape index (κ1) is 23.8. The van der Waals surface area contributed by atoms with Crippen molar-refractivity contribution in [3.05, 3.63) is 71.8 Å². The molecule has 0 atom stereocenters. The molecule has 0 saturated heterocycles. The molecule has 0 unspecified atom stereocenters. The fraction of sp³-hybridized carbons (Fsp3) is 0.200. The number of nitrogens with zero attached hydrogens (tertiary/aromatic N) is 3. The van der Waals surface area contributed by atoms with Gasteiger partial charge < -0.3 is 15.4 Å². The summed E-state index contributed by atoms with van der Waals surface area (Å²) in [5.41, 5.74) is -0.478. The molecule has 0 aliphatic rings. The fourth-order valence-corrected chi connectivity index (χ4v) is 2.51. The second-order valence-corrected chi connectivity index (χ2v) is 6.54. The SMILES string of the molecule is O=C(Nc1cnccc1OCC(F)(F)F)c1ccnc(NCc2ccc(C(F)(F)F)cc2)n1. The quantitative estimate of drug-likeness (QED) is 0.486. The van der Waals surface area contributed by atoms with Crippen LogP contribution in [0.4, 0.5) is 38.0 Å². The lowest BCUT2D eigenvalue weighted by Crippen LogP contribution is -2.21. The van der Waals surface area contributed by atoms with Crippen LogP contribution in [0.25, 0.3) is 0 Å². The number of nitrogens with one attached hydrogen (secondary N) is 2. The summed E-state index contributed by atoms with van der Waals surface area (Å²) >= 11 is 0. The summed E-state index contributed by atoms with van der Waals surface area (Å²) in [7, 11) is 0. The molecule has 33 heavy (non-hydrogen) atoms. The third-order valence-corrected chi connectivity index (χ3v) is 4.04. The van der Waals surface area contributed by atoms with Crippen LogP contribution in [0, 0.1) is 0 Å². The van der Waals surface area contributed by atoms with Crippen molar-refractivity contribution < 1.29 is 35.9 Å². The highest BCUT2D eigenvalue weighted by molar-refractivity contribution is 6.03. The van der Waals surface area contributed by atoms with Crippen molar-refractivity contribution in [2.75, 3.05) is 17.2 Å². The summed E-state index contributed by atoms with van der Waals surface area (Å²) in [6.45, 7) is -1.47. The third kappa shape index (κ3) is 7.05. The molecule has 0 bridgehead atoms. The smallest absolute Gasteiger partial charge is 0.422 e. The second kappa shape index (κ2) is 9.71. The maximum absolute atomic E-state index is 12.6. The first-order chi connectivity index (χ1) is 15.5. The number of carbonyl (C=O) groups is 1. The lowest BCUT2D eigenvalue weighted by atomic mass is 10.1. The first-order valence-electron chi connectivity index (χ1n) is 9.19. The van der Waals surface area contributed by atoms with E-state index in [1.54, 1.807) is 0 Å². The number of aromatic nitrogens is 3. The molecule has 0 fully saturated rings. The van der Waals surface area contributed by atoms with Crippen LogP contribution in [-0.4, -0.2) is 33.6 Å². The molecule has 7 nitrogen and oxygen atoms in total. The van der Waals surface area contributed by atoms with Gasteiger partial charge in [-0.2, -0.15) is 26.3 Å². The molecule has 1 aromatic carbocycles. The summed E-state index contributed by atoms with van der Waals surface area (Å²) in [4.78, 5) is 24.2. The zero-order valence-corrected chi connectivity index (χ0v) is 16.5. The Morgan fingerprint density at radius 3 is 2.36 bits per heavy atom. The number of benzene rings is 1. The van der Waals surface area contributed by atoms with Gasteiger partial charge in [-0.05, 0) is 23.8 Å². The molecule has 3 rings (SSSR count). The summed E-state index contributed by atoms with van der Waals surface area (Å²) in [5, 5.41) is 5.15. The van der Waals surface area contributed by atoms with Crippen LogP contribution >= 0.6 is 0 Å². The monoisotopic (exact) mass is 471 g/mol. The first-order valence-corrected chi connectivity index (χ1v) is 9.19. The number of pyridine rings is 1. The molecule has 1 amide bonds. The van der Waals surface area contributed by atoms with Crippen LogP contribution in [0.1, 0.15) is 21.6 Å². The highest BCUT2D eigenvalue weighted by atomic mass is 19.4. The zero-order valence-electron chi connectivity index (χ0n) is 16.5. The Morgan fingerprint density at radius 1 is 0.970 bits per heavy atom. The maximum Gasteiger partial charge on any atom is 0.422 e. The van der Waals surface area contributed by atoms with E-state index >= 15 is 0 Å². The minimum absolute atomic E-state index is 0.0160. The summed E-state index contributed by atoms with van der Waals surface area (Å²) in [6, 6.07) is 6.89. The van der Waals surface area contributed by atoms with E-state index in [0.717, 1.165) is 18.3 Å². The van der Waals surface area contributed by atoms with Gasteiger partial charge in [-0.1, -0.05) is 12.1 Å². The largest absolute Gasteiger partial charge is 0.482 e. The van der Waals surface area contributed by atoms with E-state index < -0.39 is 30.4 Å². The average Bonchev–Trinajstić information content (AvgIpc) is 2.76. The van der Waals surface area contributed by atoms with E-state index in [0.29, 0.717) is 5.56 Å². The van der Waals surface area contributed by atoms with Gasteiger partial charge >= 0.3 is 12.4 Å². The van der Waals surface area contributed by atoms with E-state index in [-0.39, 0.29) is 29.6 Å². The summed E-state index contributed by atoms with van der Waals surface area (Å²) in [5.74, 6) is -0.979. The zero-order chi connectivity index (χ0) is 24.1. The van der Waals surface area contributed by atoms with Gasteiger partial charge in [0.25, 0.3) is 5.91 Å². The number of halogens is 6. The van der Waals surface area contributed by atoms with Gasteiger partial charge in [0.15, 0.2) is 6.61 Å². The highest BCUT2D eigenvalue weighted by Crippen LogP contribution is 2.29. The van der Waals surface area contributed by atoms with Crippen LogP contribution in [0.2, 0.25) is 0 Å². The van der Waals surface area contributed by atoms with Crippen molar-refractivity contribution in [2.24, 2.45) is 0 Å². The maximum atomic E-state index is 12.6. The Hall–Kier alpha value is -3.90. The van der Waals surface area contributed by atoms with Crippen molar-refractivity contribution >= 4 is 17.5 Å². The normalized spacial score (nSPS) is 11.7.